The van der Waals surface area contributed by atoms with Crippen molar-refractivity contribution in [3.8, 4) is 0 Å². The van der Waals surface area contributed by atoms with Gasteiger partial charge >= 0.3 is 98.7 Å². The van der Waals surface area contributed by atoms with Crippen LogP contribution < -0.4 is 9.67 Å². The summed E-state index contributed by atoms with van der Waals surface area (Å²) < 4.78 is 28.6. The van der Waals surface area contributed by atoms with Crippen LogP contribution in [-0.4, -0.2) is 39.3 Å². The number of anilines is 1. The van der Waals surface area contributed by atoms with Gasteiger partial charge in [0.25, 0.3) is 0 Å². The van der Waals surface area contributed by atoms with Crippen molar-refractivity contribution in [1.82, 2.24) is 0 Å². The Labute approximate surface area is 99.1 Å². The van der Waals surface area contributed by atoms with Crippen LogP contribution in [0.3, 0.4) is 0 Å². The van der Waals surface area contributed by atoms with Crippen LogP contribution in [-0.2, 0) is 8.53 Å². The molecule has 0 unspecified atom stereocenters. The Bertz CT molecular complexity index is 520. The van der Waals surface area contributed by atoms with Crippen molar-refractivity contribution in [2.45, 2.75) is 6.92 Å². The maximum absolute atomic E-state index is 11.0. The van der Waals surface area contributed by atoms with Gasteiger partial charge < -0.3 is 0 Å². The molecule has 0 atom stereocenters. The van der Waals surface area contributed by atoms with E-state index in [1.807, 2.05) is 0 Å². The maximum atomic E-state index is 11.0. The van der Waals surface area contributed by atoms with E-state index in [9.17, 15) is 13.3 Å². The quantitative estimate of drug-likeness (QED) is 0.526. The Morgan fingerprint density at radius 2 is 1.88 bits per heavy atom. The molecule has 0 aliphatic rings. The van der Waals surface area contributed by atoms with Crippen LogP contribution in [0.15, 0.2) is 18.2 Å². The number of carbonyl (C=O) groups is 2. The van der Waals surface area contributed by atoms with E-state index in [4.69, 9.17) is 13.3 Å². The molecule has 0 fully saturated rings. The van der Waals surface area contributed by atoms with Gasteiger partial charge in [-0.1, -0.05) is 0 Å². The van der Waals surface area contributed by atoms with Crippen LogP contribution >= 0.6 is 0 Å². The Kier molecular flexibility index (Phi) is 3.77. The van der Waals surface area contributed by atoms with E-state index in [1.54, 1.807) is 0 Å². The molecule has 8 heteroatoms. The first-order valence-electron chi connectivity index (χ1n) is 4.43. The molecule has 1 aromatic carbocycles. The molecule has 0 heterocycles. The second kappa shape index (κ2) is 4.75. The van der Waals surface area contributed by atoms with Gasteiger partial charge in [-0.05, 0) is 0 Å². The number of carboxylic acids is 1. The summed E-state index contributed by atoms with van der Waals surface area (Å²) >= 11 is -5.14. The third-order valence-electron chi connectivity index (χ3n) is 1.88. The summed E-state index contributed by atoms with van der Waals surface area (Å²) in [4.78, 5) is 21.7. The third-order valence-corrected chi connectivity index (χ3v) is 3.88. The van der Waals surface area contributed by atoms with Gasteiger partial charge in [0.15, 0.2) is 0 Å². The zero-order valence-corrected chi connectivity index (χ0v) is 10.6. The van der Waals surface area contributed by atoms with E-state index >= 15 is 0 Å². The summed E-state index contributed by atoms with van der Waals surface area (Å²) in [5.41, 5.74) is -0.361. The number of hydrogen-bond acceptors (Lipinski definition) is 3. The number of carboxylic acid groups (broad SMARTS) is 1. The molecule has 0 aromatic heterocycles. The molecular formula is C9H10AsNO6. The van der Waals surface area contributed by atoms with Crippen LogP contribution in [0.25, 0.3) is 0 Å². The first-order chi connectivity index (χ1) is 7.71. The number of carbonyl (C=O) groups excluding carboxylic acids is 1. The second-order valence-electron chi connectivity index (χ2n) is 3.26. The second-order valence-corrected chi connectivity index (χ2v) is 6.63. The minimum atomic E-state index is -5.14. The summed E-state index contributed by atoms with van der Waals surface area (Å²) in [6.45, 7) is 1.20. The van der Waals surface area contributed by atoms with Gasteiger partial charge in [0, 0.05) is 0 Å². The van der Waals surface area contributed by atoms with Gasteiger partial charge in [-0.3, -0.25) is 0 Å². The summed E-state index contributed by atoms with van der Waals surface area (Å²) in [6.07, 6.45) is 0. The van der Waals surface area contributed by atoms with E-state index < -0.39 is 26.0 Å². The predicted molar refractivity (Wildman–Crippen MR) is 58.2 cm³/mol. The fourth-order valence-corrected chi connectivity index (χ4v) is 2.38. The van der Waals surface area contributed by atoms with E-state index in [-0.39, 0.29) is 15.6 Å². The number of nitrogens with one attached hydrogen (secondary N) is 1. The minimum absolute atomic E-state index is 0.00213. The molecule has 1 aromatic rings. The monoisotopic (exact) mass is 303 g/mol. The SMILES string of the molecule is CC(=O)Nc1ccc([As](=O)(O)O)cc1C(=O)O. The average molecular weight is 303 g/mol. The van der Waals surface area contributed by atoms with Crippen LogP contribution in [0.2, 0.25) is 0 Å². The Morgan fingerprint density at radius 3 is 2.29 bits per heavy atom. The molecule has 1 amide bonds. The fourth-order valence-electron chi connectivity index (χ4n) is 1.19. The number of amides is 1. The Hall–Kier alpha value is -1.56. The topological polar surface area (TPSA) is 124 Å². The van der Waals surface area contributed by atoms with Crippen molar-refractivity contribution in [3.05, 3.63) is 23.8 Å². The van der Waals surface area contributed by atoms with Crippen LogP contribution in [0.5, 0.6) is 0 Å². The number of hydrogen-bond donors (Lipinski definition) is 4. The van der Waals surface area contributed by atoms with Crippen molar-refractivity contribution >= 4 is 36.1 Å². The summed E-state index contributed by atoms with van der Waals surface area (Å²) in [5.74, 6) is -1.85. The molecule has 4 N–H and O–H groups in total. The zero-order valence-electron chi connectivity index (χ0n) is 8.75. The summed E-state index contributed by atoms with van der Waals surface area (Å²) in [5, 5.41) is 11.1. The van der Waals surface area contributed by atoms with Gasteiger partial charge in [-0.2, -0.15) is 0 Å². The fraction of sp³-hybridized carbons (Fsp3) is 0.111. The van der Waals surface area contributed by atoms with Crippen molar-refractivity contribution in [1.29, 1.82) is 0 Å². The molecule has 1 rings (SSSR count). The molecule has 0 saturated heterocycles. The third kappa shape index (κ3) is 3.45. The van der Waals surface area contributed by atoms with Crippen molar-refractivity contribution in [2.75, 3.05) is 5.32 Å². The molecular weight excluding hydrogens is 293 g/mol. The van der Waals surface area contributed by atoms with Gasteiger partial charge in [-0.25, -0.2) is 0 Å². The van der Waals surface area contributed by atoms with E-state index in [0.717, 1.165) is 18.2 Å². The molecule has 92 valence electrons. The summed E-state index contributed by atoms with van der Waals surface area (Å²) in [7, 11) is 0. The number of aromatic carboxylic acids is 1. The Balaban J connectivity index is 3.32. The van der Waals surface area contributed by atoms with Crippen molar-refractivity contribution in [3.63, 3.8) is 0 Å². The molecule has 0 bridgehead atoms. The van der Waals surface area contributed by atoms with Gasteiger partial charge in [0.05, 0.1) is 0 Å². The van der Waals surface area contributed by atoms with E-state index in [2.05, 4.69) is 5.32 Å². The normalized spacial score (nSPS) is 11.0. The number of rotatable bonds is 3. The predicted octanol–water partition coefficient (Wildman–Crippen LogP) is -1.10. The first-order valence-corrected chi connectivity index (χ1v) is 7.81. The molecule has 0 radical (unpaired) electrons. The Morgan fingerprint density at radius 1 is 1.29 bits per heavy atom. The van der Waals surface area contributed by atoms with Crippen LogP contribution in [0.1, 0.15) is 17.3 Å². The standard InChI is InChI=1S/C9H10AsNO6/c1-5(12)11-8-3-2-6(10(15,16)17)4-7(8)9(13)14/h2-4H,1H3,(H,11,12)(H,13,14)(H2,15,16,17). The molecule has 0 spiro atoms. The first kappa shape index (κ1) is 13.5. The van der Waals surface area contributed by atoms with Gasteiger partial charge in [-0.15, -0.1) is 0 Å². The van der Waals surface area contributed by atoms with E-state index in [0.29, 0.717) is 0 Å². The van der Waals surface area contributed by atoms with Crippen LogP contribution in [0, 0.1) is 0 Å². The van der Waals surface area contributed by atoms with Gasteiger partial charge in [0.2, 0.25) is 0 Å². The van der Waals surface area contributed by atoms with Crippen LogP contribution in [0.4, 0.5) is 5.69 Å². The average Bonchev–Trinajstić information content (AvgIpc) is 2.15. The van der Waals surface area contributed by atoms with Gasteiger partial charge in [0.1, 0.15) is 0 Å². The molecule has 17 heavy (non-hydrogen) atoms. The number of benzene rings is 1. The zero-order chi connectivity index (χ0) is 13.2. The molecule has 0 aliphatic carbocycles. The molecule has 7 nitrogen and oxygen atoms in total. The van der Waals surface area contributed by atoms with E-state index in [1.165, 1.54) is 6.92 Å². The van der Waals surface area contributed by atoms with Crippen molar-refractivity contribution in [2.24, 2.45) is 0 Å². The summed E-state index contributed by atoms with van der Waals surface area (Å²) in [6, 6.07) is 3.12. The molecule has 0 saturated carbocycles. The van der Waals surface area contributed by atoms with Crippen molar-refractivity contribution < 1.29 is 26.6 Å². The molecule has 0 aliphatic heterocycles.